The van der Waals surface area contributed by atoms with Gasteiger partial charge in [0, 0.05) is 15.9 Å². The van der Waals surface area contributed by atoms with Crippen molar-refractivity contribution in [3.05, 3.63) is 28.9 Å². The van der Waals surface area contributed by atoms with Gasteiger partial charge in [-0.05, 0) is 37.0 Å². The first kappa shape index (κ1) is 14.4. The summed E-state index contributed by atoms with van der Waals surface area (Å²) < 4.78 is 25.4. The van der Waals surface area contributed by atoms with Gasteiger partial charge >= 0.3 is 0 Å². The lowest BCUT2D eigenvalue weighted by molar-refractivity contribution is 0.0993. The summed E-state index contributed by atoms with van der Waals surface area (Å²) in [6.07, 6.45) is 2.88. The molecular weight excluding hydrogens is 312 g/mol. The minimum Gasteiger partial charge on any atom is -0.364 e. The van der Waals surface area contributed by atoms with E-state index in [9.17, 15) is 13.2 Å². The summed E-state index contributed by atoms with van der Waals surface area (Å²) >= 11 is 5.95. The molecule has 3 rings (SSSR count). The van der Waals surface area contributed by atoms with Crippen LogP contribution in [-0.2, 0) is 9.84 Å². The Kier molecular flexibility index (Phi) is 3.45. The van der Waals surface area contributed by atoms with Crippen molar-refractivity contribution < 1.29 is 13.2 Å². The number of hydrogen-bond donors (Lipinski definition) is 2. The van der Waals surface area contributed by atoms with E-state index in [0.717, 1.165) is 19.3 Å². The summed E-state index contributed by atoms with van der Waals surface area (Å²) in [5.74, 6) is -0.568. The lowest BCUT2D eigenvalue weighted by Crippen LogP contribution is -2.24. The molecule has 0 aliphatic heterocycles. The van der Waals surface area contributed by atoms with Gasteiger partial charge < -0.3 is 10.7 Å². The number of rotatable bonds is 4. The van der Waals surface area contributed by atoms with Crippen molar-refractivity contribution in [3.63, 3.8) is 0 Å². The molecule has 1 aliphatic rings. The van der Waals surface area contributed by atoms with Crippen LogP contribution >= 0.6 is 11.6 Å². The zero-order valence-corrected chi connectivity index (χ0v) is 12.8. The Morgan fingerprint density at radius 2 is 2.10 bits per heavy atom. The third kappa shape index (κ3) is 2.53. The molecule has 1 amide bonds. The second kappa shape index (κ2) is 5.03. The van der Waals surface area contributed by atoms with Crippen molar-refractivity contribution in [2.24, 2.45) is 11.7 Å². The molecule has 0 saturated heterocycles. The number of sulfone groups is 1. The maximum absolute atomic E-state index is 12.7. The summed E-state index contributed by atoms with van der Waals surface area (Å²) in [5.41, 5.74) is 5.80. The predicted molar refractivity (Wildman–Crippen MR) is 81.2 cm³/mol. The number of halogens is 1. The van der Waals surface area contributed by atoms with Crippen molar-refractivity contribution in [1.82, 2.24) is 4.98 Å². The third-order valence-corrected chi connectivity index (χ3v) is 6.14. The zero-order valence-electron chi connectivity index (χ0n) is 11.2. The number of benzene rings is 1. The van der Waals surface area contributed by atoms with Crippen LogP contribution < -0.4 is 5.73 Å². The topological polar surface area (TPSA) is 93.0 Å². The lowest BCUT2D eigenvalue weighted by Gasteiger charge is -2.24. The lowest BCUT2D eigenvalue weighted by atomic mass is 9.87. The summed E-state index contributed by atoms with van der Waals surface area (Å²) in [5, 5.41) is 0.841. The molecule has 1 aromatic carbocycles. The van der Waals surface area contributed by atoms with Crippen LogP contribution in [0.2, 0.25) is 5.02 Å². The smallest absolute Gasteiger partial charge is 0.266 e. The van der Waals surface area contributed by atoms with E-state index in [4.69, 9.17) is 17.3 Å². The minimum atomic E-state index is -3.59. The molecule has 1 heterocycles. The van der Waals surface area contributed by atoms with Crippen LogP contribution in [0.25, 0.3) is 10.9 Å². The Bertz CT molecular complexity index is 822. The van der Waals surface area contributed by atoms with Gasteiger partial charge in [-0.2, -0.15) is 0 Å². The SMILES string of the molecule is NC(=O)c1[nH]c2ccc(Cl)cc2c1S(=O)(=O)CC1CCC1. The van der Waals surface area contributed by atoms with Crippen molar-refractivity contribution in [3.8, 4) is 0 Å². The fraction of sp³-hybridized carbons (Fsp3) is 0.357. The van der Waals surface area contributed by atoms with E-state index < -0.39 is 15.7 Å². The zero-order chi connectivity index (χ0) is 15.2. The molecule has 0 radical (unpaired) electrons. The molecule has 21 heavy (non-hydrogen) atoms. The standard InChI is InChI=1S/C14H15ClN2O3S/c15-9-4-5-11-10(6-9)13(12(17-11)14(16)18)21(19,20)7-8-2-1-3-8/h4-6,8,17H,1-3,7H2,(H2,16,18). The van der Waals surface area contributed by atoms with Gasteiger partial charge in [0.2, 0.25) is 0 Å². The molecule has 1 saturated carbocycles. The van der Waals surface area contributed by atoms with E-state index in [0.29, 0.717) is 15.9 Å². The van der Waals surface area contributed by atoms with E-state index in [1.807, 2.05) is 0 Å². The highest BCUT2D eigenvalue weighted by atomic mass is 35.5. The fourth-order valence-corrected chi connectivity index (χ4v) is 4.95. The first-order valence-electron chi connectivity index (χ1n) is 6.72. The van der Waals surface area contributed by atoms with Gasteiger partial charge in [0.15, 0.2) is 9.84 Å². The van der Waals surface area contributed by atoms with Crippen molar-refractivity contribution >= 4 is 38.2 Å². The predicted octanol–water partition coefficient (Wildman–Crippen LogP) is 2.49. The summed E-state index contributed by atoms with van der Waals surface area (Å²) in [7, 11) is -3.59. The van der Waals surface area contributed by atoms with Gasteiger partial charge in [0.1, 0.15) is 10.6 Å². The molecule has 3 N–H and O–H groups in total. The molecular formula is C14H15ClN2O3S. The van der Waals surface area contributed by atoms with E-state index in [-0.39, 0.29) is 22.3 Å². The quantitative estimate of drug-likeness (QED) is 0.904. The molecule has 112 valence electrons. The van der Waals surface area contributed by atoms with Crippen LogP contribution in [0, 0.1) is 5.92 Å². The number of amides is 1. The van der Waals surface area contributed by atoms with Gasteiger partial charge in [-0.3, -0.25) is 4.79 Å². The highest BCUT2D eigenvalue weighted by Gasteiger charge is 2.31. The number of aromatic amines is 1. The number of carbonyl (C=O) groups is 1. The van der Waals surface area contributed by atoms with E-state index in [2.05, 4.69) is 4.98 Å². The third-order valence-electron chi connectivity index (χ3n) is 3.95. The normalized spacial score (nSPS) is 16.0. The highest BCUT2D eigenvalue weighted by molar-refractivity contribution is 7.91. The Labute approximate surface area is 127 Å². The highest BCUT2D eigenvalue weighted by Crippen LogP contribution is 2.34. The molecule has 0 bridgehead atoms. The number of primary amides is 1. The van der Waals surface area contributed by atoms with Crippen LogP contribution in [0.1, 0.15) is 29.8 Å². The molecule has 7 heteroatoms. The second-order valence-electron chi connectivity index (χ2n) is 5.46. The van der Waals surface area contributed by atoms with Crippen molar-refractivity contribution in [1.29, 1.82) is 0 Å². The average Bonchev–Trinajstić information content (AvgIpc) is 2.73. The van der Waals surface area contributed by atoms with Gasteiger partial charge in [0.05, 0.1) is 5.75 Å². The van der Waals surface area contributed by atoms with Gasteiger partial charge in [-0.1, -0.05) is 18.0 Å². The van der Waals surface area contributed by atoms with Gasteiger partial charge in [-0.25, -0.2) is 8.42 Å². The summed E-state index contributed by atoms with van der Waals surface area (Å²) in [6.45, 7) is 0. The summed E-state index contributed by atoms with van der Waals surface area (Å²) in [6, 6.07) is 4.83. The van der Waals surface area contributed by atoms with Crippen LogP contribution in [0.4, 0.5) is 0 Å². The Balaban J connectivity index is 2.20. The van der Waals surface area contributed by atoms with E-state index in [1.165, 1.54) is 0 Å². The molecule has 0 unspecified atom stereocenters. The minimum absolute atomic E-state index is 0.0144. The monoisotopic (exact) mass is 326 g/mol. The largest absolute Gasteiger partial charge is 0.364 e. The van der Waals surface area contributed by atoms with Gasteiger partial charge in [0.25, 0.3) is 5.91 Å². The van der Waals surface area contributed by atoms with Crippen LogP contribution in [0.3, 0.4) is 0 Å². The number of aromatic nitrogens is 1. The first-order valence-corrected chi connectivity index (χ1v) is 8.75. The average molecular weight is 327 g/mol. The maximum atomic E-state index is 12.7. The first-order chi connectivity index (χ1) is 9.88. The second-order valence-corrected chi connectivity index (χ2v) is 7.87. The van der Waals surface area contributed by atoms with E-state index in [1.54, 1.807) is 18.2 Å². The van der Waals surface area contributed by atoms with Gasteiger partial charge in [-0.15, -0.1) is 0 Å². The number of nitrogens with one attached hydrogen (secondary N) is 1. The Morgan fingerprint density at radius 1 is 1.38 bits per heavy atom. The number of fused-ring (bicyclic) bond motifs is 1. The molecule has 0 spiro atoms. The van der Waals surface area contributed by atoms with Crippen LogP contribution in [-0.4, -0.2) is 25.1 Å². The van der Waals surface area contributed by atoms with E-state index >= 15 is 0 Å². The van der Waals surface area contributed by atoms with Crippen molar-refractivity contribution in [2.75, 3.05) is 5.75 Å². The Morgan fingerprint density at radius 3 is 2.67 bits per heavy atom. The molecule has 1 aromatic heterocycles. The summed E-state index contributed by atoms with van der Waals surface area (Å²) in [4.78, 5) is 14.4. The molecule has 5 nitrogen and oxygen atoms in total. The molecule has 0 atom stereocenters. The fourth-order valence-electron chi connectivity index (χ4n) is 2.69. The Hall–Kier alpha value is -1.53. The molecule has 1 fully saturated rings. The van der Waals surface area contributed by atoms with Crippen molar-refractivity contribution in [2.45, 2.75) is 24.2 Å². The van der Waals surface area contributed by atoms with Crippen LogP contribution in [0.5, 0.6) is 0 Å². The number of hydrogen-bond acceptors (Lipinski definition) is 3. The molecule has 2 aromatic rings. The van der Waals surface area contributed by atoms with Crippen LogP contribution in [0.15, 0.2) is 23.1 Å². The number of carbonyl (C=O) groups excluding carboxylic acids is 1. The number of H-pyrrole nitrogens is 1. The number of nitrogens with two attached hydrogens (primary N) is 1. The molecule has 1 aliphatic carbocycles. The maximum Gasteiger partial charge on any atom is 0.266 e.